The van der Waals surface area contributed by atoms with Crippen LogP contribution < -0.4 is 19.7 Å². The van der Waals surface area contributed by atoms with Crippen LogP contribution in [0, 0.1) is 51.3 Å². The molecule has 502 valence electrons. The van der Waals surface area contributed by atoms with Crippen molar-refractivity contribution in [1.82, 2.24) is 14.9 Å². The summed E-state index contributed by atoms with van der Waals surface area (Å²) in [4.78, 5) is 48.8. The zero-order chi connectivity index (χ0) is 66.7. The van der Waals surface area contributed by atoms with E-state index in [1.807, 2.05) is 24.3 Å². The number of Topliss-reactive ketones (excluding diaryl/α,β-unsaturated/α-hetero) is 2. The smallest absolute Gasteiger partial charge is 0.302 e. The number of anilines is 1. The number of carbonyl (C=O) groups is 3. The van der Waals surface area contributed by atoms with Crippen LogP contribution in [-0.2, 0) is 32.0 Å². The van der Waals surface area contributed by atoms with Crippen molar-refractivity contribution in [3.05, 3.63) is 184 Å². The summed E-state index contributed by atoms with van der Waals surface area (Å²) in [6, 6.07) is 19.5. The fourth-order valence-corrected chi connectivity index (χ4v) is 20.9. The third kappa shape index (κ3) is 10.9. The van der Waals surface area contributed by atoms with E-state index in [0.717, 1.165) is 126 Å². The van der Waals surface area contributed by atoms with Gasteiger partial charge in [-0.2, -0.15) is 0 Å². The van der Waals surface area contributed by atoms with Crippen LogP contribution in [0.4, 0.5) is 5.69 Å². The fourth-order valence-electron chi connectivity index (χ4n) is 20.9. The van der Waals surface area contributed by atoms with E-state index in [-0.39, 0.29) is 101 Å². The number of aromatic amines is 1. The summed E-state index contributed by atoms with van der Waals surface area (Å²) >= 11 is 0. The maximum atomic E-state index is 16.0. The Labute approximate surface area is 567 Å². The van der Waals surface area contributed by atoms with Crippen LogP contribution in [0.3, 0.4) is 0 Å². The van der Waals surface area contributed by atoms with Gasteiger partial charge in [-0.15, -0.1) is 0 Å². The quantitative estimate of drug-likeness (QED) is 0.0450. The van der Waals surface area contributed by atoms with Gasteiger partial charge < -0.3 is 59.5 Å². The number of aromatic nitrogens is 2. The highest BCUT2D eigenvalue weighted by Gasteiger charge is 2.60. The molecule has 4 aromatic carbocycles. The molecular weight excluding hydrogens is 1220 g/mol. The number of fused-ring (bicyclic) bond motifs is 1. The first-order valence-electron chi connectivity index (χ1n) is 35.4. The molecule has 7 N–H and O–H groups in total. The second-order valence-corrected chi connectivity index (χ2v) is 30.6. The predicted octanol–water partition coefficient (Wildman–Crippen LogP) is 14.7. The normalized spacial score (nSPS) is 31.5. The molecule has 19 rings (SSSR count). The van der Waals surface area contributed by atoms with Crippen LogP contribution in [0.2, 0.25) is 0 Å². The summed E-state index contributed by atoms with van der Waals surface area (Å²) in [5.41, 5.74) is 8.05. The number of nitrogens with zero attached hydrogens (tertiary/aromatic N) is 2. The molecule has 15 heteroatoms. The summed E-state index contributed by atoms with van der Waals surface area (Å²) in [6.07, 6.45) is 32.4. The van der Waals surface area contributed by atoms with Crippen molar-refractivity contribution in [1.29, 1.82) is 0 Å². The molecule has 6 aromatic rings. The van der Waals surface area contributed by atoms with Crippen LogP contribution in [0.5, 0.6) is 34.5 Å². The highest BCUT2D eigenvalue weighted by molar-refractivity contribution is 6.00. The first-order valence-corrected chi connectivity index (χ1v) is 35.4. The molecule has 13 aliphatic rings. The van der Waals surface area contributed by atoms with Crippen molar-refractivity contribution < 1.29 is 54.1 Å². The Bertz CT molecular complexity index is 4440. The molecule has 7 aliphatic carbocycles. The number of methoxy groups -OCH3 is 1. The second kappa shape index (κ2) is 24.4. The van der Waals surface area contributed by atoms with E-state index in [2.05, 4.69) is 111 Å². The lowest BCUT2D eigenvalue weighted by Crippen LogP contribution is -2.41. The zero-order valence-electron chi connectivity index (χ0n) is 55.7. The highest BCUT2D eigenvalue weighted by atomic mass is 16.5. The van der Waals surface area contributed by atoms with Gasteiger partial charge in [0.1, 0.15) is 40.7 Å². The van der Waals surface area contributed by atoms with E-state index in [0.29, 0.717) is 56.5 Å². The topological polar surface area (TPSA) is 216 Å². The molecule has 6 aliphatic heterocycles. The lowest BCUT2D eigenvalue weighted by Gasteiger charge is -2.50. The highest BCUT2D eigenvalue weighted by Crippen LogP contribution is 2.70. The van der Waals surface area contributed by atoms with Crippen molar-refractivity contribution in [3.63, 3.8) is 0 Å². The number of aliphatic hydroxyl groups is 2. The van der Waals surface area contributed by atoms with Crippen LogP contribution in [0.1, 0.15) is 186 Å². The molecule has 13 unspecified atom stereocenters. The molecule has 3 saturated carbocycles. The van der Waals surface area contributed by atoms with Crippen molar-refractivity contribution in [2.45, 2.75) is 165 Å². The largest absolute Gasteiger partial charge is 0.508 e. The Balaban J connectivity index is 0.928. The number of H-pyrrole nitrogens is 1. The monoisotopic (exact) mass is 1300 g/mol. The molecule has 15 nitrogen and oxygen atoms in total. The number of esters is 1. The van der Waals surface area contributed by atoms with Gasteiger partial charge >= 0.3 is 5.97 Å². The van der Waals surface area contributed by atoms with Crippen molar-refractivity contribution in [2.24, 2.45) is 39.4 Å². The summed E-state index contributed by atoms with van der Waals surface area (Å²) in [5.74, 6) is 7.51. The number of hydrogen-bond donors (Lipinski definition) is 7. The van der Waals surface area contributed by atoms with Crippen LogP contribution in [0.25, 0.3) is 10.8 Å². The van der Waals surface area contributed by atoms with E-state index in [1.54, 1.807) is 25.1 Å². The van der Waals surface area contributed by atoms with Gasteiger partial charge in [0.2, 0.25) is 5.75 Å². The number of phenolic OH excluding ortho intramolecular Hbond substituents is 3. The van der Waals surface area contributed by atoms with E-state index in [4.69, 9.17) is 14.2 Å². The van der Waals surface area contributed by atoms with E-state index in [1.165, 1.54) is 25.7 Å². The lowest BCUT2D eigenvalue weighted by molar-refractivity contribution is -0.148. The minimum atomic E-state index is -0.844. The third-order valence-corrected chi connectivity index (χ3v) is 25.0. The number of nitrogens with one attached hydrogen (secondary N) is 2. The summed E-state index contributed by atoms with van der Waals surface area (Å²) in [7, 11) is 1.51. The Morgan fingerprint density at radius 1 is 0.866 bits per heavy atom. The van der Waals surface area contributed by atoms with Gasteiger partial charge in [0, 0.05) is 116 Å². The van der Waals surface area contributed by atoms with Gasteiger partial charge in [0.15, 0.2) is 11.5 Å². The standard InChI is InChI=1S/C82H88N4O11/c1-48(88)21-29-85-69-17-16-64-76-67(69)44-86-70(54-34-72(93)77(73(35-54)95-3)97-62-32-50(31-59(91)38-62)30-51-18-22-79(40-55(51)45-87)24-25-80(46-79)26-27-81(47-80,78(64)94)41-71(76)86)39-60(92)37-61(96-49(2)89)19-23-82-56-9-5-10-57(82)12-7-15-68(82)66-43-83-42-65(66)63(14-6-11-56)75(52-8-4-13-58(90)33-52)53-20-28-84-74(85)36-53/h4-5,7-10,13,15-17,20,31-36,38,42-44,51,55,57,61,63,68,70,75,78,83-84,87,90-91,93-94H,11-12,18-19,21-30,37,39-41,45-47H2,1-3H3. The minimum absolute atomic E-state index is 0.0116. The summed E-state index contributed by atoms with van der Waals surface area (Å²) in [5, 5.41) is 65.6. The molecular formula is C82H88N4O11. The number of rotatable bonds is 7. The van der Waals surface area contributed by atoms with Crippen molar-refractivity contribution >= 4 is 34.0 Å². The number of allylic oxidation sites excluding steroid dienone is 8. The third-order valence-electron chi connectivity index (χ3n) is 25.0. The number of ketones is 2. The average Bonchev–Trinajstić information content (AvgIpc) is 1.57. The predicted molar refractivity (Wildman–Crippen MR) is 370 cm³/mol. The van der Waals surface area contributed by atoms with Crippen molar-refractivity contribution in [3.8, 4) is 46.3 Å². The molecule has 4 spiro atoms. The van der Waals surface area contributed by atoms with Crippen LogP contribution in [-0.4, -0.2) is 85.5 Å². The average molecular weight is 1310 g/mol. The molecule has 8 heterocycles. The maximum absolute atomic E-state index is 16.0. The number of carbonyl (C=O) groups excluding carboxylic acids is 3. The van der Waals surface area contributed by atoms with Gasteiger partial charge in [-0.1, -0.05) is 72.1 Å². The number of benzene rings is 4. The number of hydrogen-bond acceptors (Lipinski definition) is 13. The maximum Gasteiger partial charge on any atom is 0.302 e. The number of aromatic hydroxyl groups is 3. The van der Waals surface area contributed by atoms with Gasteiger partial charge in [-0.25, -0.2) is 0 Å². The SMILES string of the molecule is COc1cc2cc(O)c1Oc1cc(O)cc(c1)CC1CCC3(CCC4(CCC5(Cc6c7c(ccc8c7cn6C2CC(=O)CC(OC(C)=O)CCC26C7=CC=CC2CC=CC6c2c[nH]cc2C(C#CC7)C(c2cccc(O)c2)C2=CCNC(=C2)N8CCC(C)=O)C5O)C4)C3)CC1CO. The Morgan fingerprint density at radius 3 is 2.56 bits per heavy atom. The Morgan fingerprint density at radius 2 is 1.72 bits per heavy atom. The summed E-state index contributed by atoms with van der Waals surface area (Å²) < 4.78 is 21.4. The Kier molecular flexibility index (Phi) is 15.8. The molecule has 0 amide bonds. The molecule has 0 saturated heterocycles. The molecule has 0 radical (unpaired) electrons. The molecule has 15 bridgehead atoms. The van der Waals surface area contributed by atoms with Gasteiger partial charge in [-0.3, -0.25) is 14.4 Å². The van der Waals surface area contributed by atoms with Gasteiger partial charge in [-0.05, 0) is 213 Å². The lowest BCUT2D eigenvalue weighted by atomic mass is 9.53. The molecule has 97 heavy (non-hydrogen) atoms. The number of ether oxygens (including phenoxy) is 3. The minimum Gasteiger partial charge on any atom is -0.508 e. The number of aliphatic hydroxyl groups excluding tert-OH is 2. The first-order chi connectivity index (χ1) is 46.9. The summed E-state index contributed by atoms with van der Waals surface area (Å²) in [6.45, 7) is 3.82. The fraction of sp³-hybridized carbons (Fsp3) is 0.451. The van der Waals surface area contributed by atoms with Gasteiger partial charge in [0.05, 0.1) is 30.9 Å². The first kappa shape index (κ1) is 63.1. The van der Waals surface area contributed by atoms with Gasteiger partial charge in [0.25, 0.3) is 0 Å². The van der Waals surface area contributed by atoms with E-state index in [9.17, 15) is 35.1 Å². The number of phenols is 3. The zero-order valence-corrected chi connectivity index (χ0v) is 55.7. The molecule has 3 fully saturated rings. The second-order valence-electron chi connectivity index (χ2n) is 30.6. The molecule has 2 aromatic heterocycles. The van der Waals surface area contributed by atoms with Crippen LogP contribution in [0.15, 0.2) is 145 Å². The van der Waals surface area contributed by atoms with Crippen molar-refractivity contribution in [2.75, 3.05) is 31.7 Å². The van der Waals surface area contributed by atoms with E-state index < -0.39 is 46.9 Å². The molecule has 13 atom stereocenters. The Hall–Kier alpha value is -8.71. The number of dihydropyridines is 1. The van der Waals surface area contributed by atoms with Crippen LogP contribution >= 0.6 is 0 Å². The van der Waals surface area contributed by atoms with E-state index >= 15 is 4.79 Å².